The number of ether oxygens (including phenoxy) is 1. The summed E-state index contributed by atoms with van der Waals surface area (Å²) in [6, 6.07) is 9.47. The third-order valence-corrected chi connectivity index (χ3v) is 4.81. The van der Waals surface area contributed by atoms with Gasteiger partial charge < -0.3 is 20.3 Å². The second kappa shape index (κ2) is 7.66. The van der Waals surface area contributed by atoms with Crippen LogP contribution < -0.4 is 10.6 Å². The maximum atomic E-state index is 13.0. The van der Waals surface area contributed by atoms with Gasteiger partial charge in [0.2, 0.25) is 5.91 Å². The highest BCUT2D eigenvalue weighted by Crippen LogP contribution is 2.31. The molecule has 0 bridgehead atoms. The molecule has 0 spiro atoms. The van der Waals surface area contributed by atoms with Gasteiger partial charge in [-0.3, -0.25) is 4.79 Å². The lowest BCUT2D eigenvalue weighted by Crippen LogP contribution is -2.61. The van der Waals surface area contributed by atoms with Crippen LogP contribution in [0.4, 0.5) is 4.79 Å². The van der Waals surface area contributed by atoms with Crippen LogP contribution in [0.5, 0.6) is 0 Å². The summed E-state index contributed by atoms with van der Waals surface area (Å²) >= 11 is 0. The molecule has 1 aromatic rings. The van der Waals surface area contributed by atoms with Crippen LogP contribution in [-0.2, 0) is 16.1 Å². The minimum atomic E-state index is -0.752. The largest absolute Gasteiger partial charge is 0.378 e. The molecule has 0 radical (unpaired) electrons. The van der Waals surface area contributed by atoms with Gasteiger partial charge in [-0.1, -0.05) is 43.2 Å². The van der Waals surface area contributed by atoms with Crippen molar-refractivity contribution in [1.29, 1.82) is 0 Å². The Morgan fingerprint density at radius 2 is 1.75 bits per heavy atom. The molecule has 2 fully saturated rings. The van der Waals surface area contributed by atoms with Crippen LogP contribution in [0.15, 0.2) is 30.3 Å². The molecular formula is C18H25N3O3. The van der Waals surface area contributed by atoms with Gasteiger partial charge in [0.1, 0.15) is 5.54 Å². The Hall–Kier alpha value is -2.08. The third kappa shape index (κ3) is 3.87. The maximum Gasteiger partial charge on any atom is 0.315 e. The average Bonchev–Trinajstić information content (AvgIpc) is 3.10. The van der Waals surface area contributed by atoms with Crippen LogP contribution in [0, 0.1) is 0 Å². The molecule has 2 aliphatic rings. The number of carbonyl (C=O) groups is 2. The maximum absolute atomic E-state index is 13.0. The average molecular weight is 331 g/mol. The Bertz CT molecular complexity index is 564. The first kappa shape index (κ1) is 16.8. The number of carbonyl (C=O) groups excluding carboxylic acids is 2. The highest BCUT2D eigenvalue weighted by atomic mass is 16.5. The van der Waals surface area contributed by atoms with Gasteiger partial charge in [-0.05, 0) is 18.4 Å². The Morgan fingerprint density at radius 1 is 1.08 bits per heavy atom. The molecule has 0 atom stereocenters. The van der Waals surface area contributed by atoms with Gasteiger partial charge in [0.25, 0.3) is 0 Å². The first-order chi connectivity index (χ1) is 11.7. The van der Waals surface area contributed by atoms with E-state index in [1.54, 1.807) is 0 Å². The molecule has 1 heterocycles. The fraction of sp³-hybridized carbons (Fsp3) is 0.556. The minimum absolute atomic E-state index is 0.0400. The lowest BCUT2D eigenvalue weighted by Gasteiger charge is -2.36. The summed E-state index contributed by atoms with van der Waals surface area (Å²) in [6.45, 7) is 2.81. The summed E-state index contributed by atoms with van der Waals surface area (Å²) in [5, 5.41) is 5.84. The topological polar surface area (TPSA) is 70.7 Å². The van der Waals surface area contributed by atoms with E-state index in [9.17, 15) is 9.59 Å². The summed E-state index contributed by atoms with van der Waals surface area (Å²) in [4.78, 5) is 27.1. The van der Waals surface area contributed by atoms with Gasteiger partial charge in [0.15, 0.2) is 0 Å². The molecule has 3 amide bonds. The number of benzene rings is 1. The smallest absolute Gasteiger partial charge is 0.315 e. The first-order valence-corrected chi connectivity index (χ1v) is 8.67. The first-order valence-electron chi connectivity index (χ1n) is 8.67. The predicted octanol–water partition coefficient (Wildman–Crippen LogP) is 1.66. The summed E-state index contributed by atoms with van der Waals surface area (Å²) in [5.74, 6) is 0.0400. The van der Waals surface area contributed by atoms with Crippen LogP contribution in [0.1, 0.15) is 31.2 Å². The van der Waals surface area contributed by atoms with E-state index in [4.69, 9.17) is 4.74 Å². The molecule has 1 aliphatic carbocycles. The lowest BCUT2D eigenvalue weighted by molar-refractivity contribution is -0.142. The molecule has 1 aromatic carbocycles. The van der Waals surface area contributed by atoms with Crippen LogP contribution in [0.2, 0.25) is 0 Å². The fourth-order valence-corrected chi connectivity index (χ4v) is 3.48. The van der Waals surface area contributed by atoms with E-state index in [0.717, 1.165) is 18.4 Å². The van der Waals surface area contributed by atoms with E-state index >= 15 is 0 Å². The molecule has 6 heteroatoms. The van der Waals surface area contributed by atoms with Gasteiger partial charge in [0, 0.05) is 19.6 Å². The predicted molar refractivity (Wildman–Crippen MR) is 90.4 cm³/mol. The monoisotopic (exact) mass is 331 g/mol. The van der Waals surface area contributed by atoms with Crippen molar-refractivity contribution in [3.05, 3.63) is 35.9 Å². The summed E-state index contributed by atoms with van der Waals surface area (Å²) in [7, 11) is 0. The van der Waals surface area contributed by atoms with Crippen LogP contribution in [0.3, 0.4) is 0 Å². The standard InChI is InChI=1S/C18H25N3O3/c22-16(21-10-12-24-13-11-21)18(8-4-5-9-18)20-17(23)19-14-15-6-2-1-3-7-15/h1-3,6-7H,4-5,8-14H2,(H2,19,20,23). The summed E-state index contributed by atoms with van der Waals surface area (Å²) < 4.78 is 5.32. The molecule has 0 aromatic heterocycles. The van der Waals surface area contributed by atoms with Crippen LogP contribution in [-0.4, -0.2) is 48.7 Å². The van der Waals surface area contributed by atoms with Crippen molar-refractivity contribution in [3.63, 3.8) is 0 Å². The number of nitrogens with zero attached hydrogens (tertiary/aromatic N) is 1. The Morgan fingerprint density at radius 3 is 2.42 bits per heavy atom. The second-order valence-corrected chi connectivity index (χ2v) is 6.49. The van der Waals surface area contributed by atoms with Crippen molar-refractivity contribution in [2.75, 3.05) is 26.3 Å². The van der Waals surface area contributed by atoms with Crippen molar-refractivity contribution >= 4 is 11.9 Å². The molecule has 130 valence electrons. The van der Waals surface area contributed by atoms with E-state index in [1.165, 1.54) is 0 Å². The Labute approximate surface area is 142 Å². The minimum Gasteiger partial charge on any atom is -0.378 e. The van der Waals surface area contributed by atoms with E-state index in [2.05, 4.69) is 10.6 Å². The number of hydrogen-bond donors (Lipinski definition) is 2. The number of amides is 3. The number of nitrogens with one attached hydrogen (secondary N) is 2. The molecule has 0 unspecified atom stereocenters. The number of urea groups is 1. The number of morpholine rings is 1. The SMILES string of the molecule is O=C(NCc1ccccc1)NC1(C(=O)N2CCOCC2)CCCC1. The second-order valence-electron chi connectivity index (χ2n) is 6.49. The van der Waals surface area contributed by atoms with Gasteiger partial charge in [-0.15, -0.1) is 0 Å². The molecule has 1 aliphatic heterocycles. The molecule has 3 rings (SSSR count). The Kier molecular flexibility index (Phi) is 5.35. The molecule has 1 saturated carbocycles. The third-order valence-electron chi connectivity index (χ3n) is 4.81. The molecule has 6 nitrogen and oxygen atoms in total. The van der Waals surface area contributed by atoms with Crippen molar-refractivity contribution in [3.8, 4) is 0 Å². The van der Waals surface area contributed by atoms with Crippen LogP contribution in [0.25, 0.3) is 0 Å². The van der Waals surface area contributed by atoms with Gasteiger partial charge in [-0.2, -0.15) is 0 Å². The lowest BCUT2D eigenvalue weighted by atomic mass is 9.95. The zero-order valence-corrected chi connectivity index (χ0v) is 13.9. The fourth-order valence-electron chi connectivity index (χ4n) is 3.48. The van der Waals surface area contributed by atoms with Crippen LogP contribution >= 0.6 is 0 Å². The number of rotatable bonds is 4. The Balaban J connectivity index is 1.60. The molecule has 2 N–H and O–H groups in total. The molecular weight excluding hydrogens is 306 g/mol. The van der Waals surface area contributed by atoms with Gasteiger partial charge >= 0.3 is 6.03 Å². The molecule has 24 heavy (non-hydrogen) atoms. The van der Waals surface area contributed by atoms with Gasteiger partial charge in [-0.25, -0.2) is 4.79 Å². The van der Waals surface area contributed by atoms with Gasteiger partial charge in [0.05, 0.1) is 13.2 Å². The van der Waals surface area contributed by atoms with E-state index in [0.29, 0.717) is 45.7 Å². The van der Waals surface area contributed by atoms with Crippen molar-refractivity contribution in [1.82, 2.24) is 15.5 Å². The zero-order valence-electron chi connectivity index (χ0n) is 13.9. The van der Waals surface area contributed by atoms with Crippen molar-refractivity contribution in [2.45, 2.75) is 37.8 Å². The van der Waals surface area contributed by atoms with E-state index in [-0.39, 0.29) is 11.9 Å². The van der Waals surface area contributed by atoms with E-state index < -0.39 is 5.54 Å². The van der Waals surface area contributed by atoms with Crippen molar-refractivity contribution in [2.24, 2.45) is 0 Å². The highest BCUT2D eigenvalue weighted by Gasteiger charge is 2.45. The highest BCUT2D eigenvalue weighted by molar-refractivity contribution is 5.91. The number of hydrogen-bond acceptors (Lipinski definition) is 3. The van der Waals surface area contributed by atoms with Crippen molar-refractivity contribution < 1.29 is 14.3 Å². The summed E-state index contributed by atoms with van der Waals surface area (Å²) in [5.41, 5.74) is 0.283. The van der Waals surface area contributed by atoms with E-state index in [1.807, 2.05) is 35.2 Å². The summed E-state index contributed by atoms with van der Waals surface area (Å²) in [6.07, 6.45) is 3.36. The zero-order chi connectivity index (χ0) is 16.8. The molecule has 1 saturated heterocycles. The normalized spacial score (nSPS) is 19.8. The quantitative estimate of drug-likeness (QED) is 0.881.